The van der Waals surface area contributed by atoms with Crippen molar-refractivity contribution in [3.8, 4) is 5.75 Å². The molecule has 1 aliphatic heterocycles. The van der Waals surface area contributed by atoms with E-state index in [0.29, 0.717) is 13.2 Å². The standard InChI is InChI=1S/C12H11BrO3/c1-14-9-3-2-8-6-11(13)12(10(8)7-9)15-4-5-16-12/h2-3,6-7H,4-5H2,1H3. The number of halogens is 1. The highest BCUT2D eigenvalue weighted by Crippen LogP contribution is 2.49. The topological polar surface area (TPSA) is 27.7 Å². The molecule has 1 fully saturated rings. The number of methoxy groups -OCH3 is 1. The van der Waals surface area contributed by atoms with Crippen LogP contribution in [0.4, 0.5) is 0 Å². The minimum atomic E-state index is -0.732. The number of hydrogen-bond donors (Lipinski definition) is 0. The Kier molecular flexibility index (Phi) is 2.31. The van der Waals surface area contributed by atoms with Crippen LogP contribution in [-0.4, -0.2) is 20.3 Å². The zero-order valence-electron chi connectivity index (χ0n) is 8.83. The van der Waals surface area contributed by atoms with Crippen LogP contribution in [-0.2, 0) is 15.3 Å². The van der Waals surface area contributed by atoms with Crippen molar-refractivity contribution >= 4 is 22.0 Å². The van der Waals surface area contributed by atoms with Gasteiger partial charge in [0.25, 0.3) is 0 Å². The highest BCUT2D eigenvalue weighted by Gasteiger charge is 2.46. The zero-order chi connectivity index (χ0) is 11.2. The lowest BCUT2D eigenvalue weighted by Crippen LogP contribution is -2.25. The molecule has 2 aliphatic rings. The van der Waals surface area contributed by atoms with Crippen LogP contribution in [0.3, 0.4) is 0 Å². The molecular weight excluding hydrogens is 272 g/mol. The number of hydrogen-bond acceptors (Lipinski definition) is 3. The minimum absolute atomic E-state index is 0.611. The summed E-state index contributed by atoms with van der Waals surface area (Å²) >= 11 is 3.52. The molecule has 0 aromatic heterocycles. The van der Waals surface area contributed by atoms with Crippen LogP contribution >= 0.6 is 15.9 Å². The van der Waals surface area contributed by atoms with Gasteiger partial charge in [0.2, 0.25) is 5.79 Å². The summed E-state index contributed by atoms with van der Waals surface area (Å²) in [6.45, 7) is 1.22. The third kappa shape index (κ3) is 1.27. The fourth-order valence-corrected chi connectivity index (χ4v) is 2.83. The van der Waals surface area contributed by atoms with Gasteiger partial charge >= 0.3 is 0 Å². The molecular formula is C12H11BrO3. The van der Waals surface area contributed by atoms with Gasteiger partial charge in [-0.2, -0.15) is 0 Å². The third-order valence-electron chi connectivity index (χ3n) is 2.91. The Labute approximate surface area is 102 Å². The smallest absolute Gasteiger partial charge is 0.229 e. The van der Waals surface area contributed by atoms with E-state index in [-0.39, 0.29) is 0 Å². The van der Waals surface area contributed by atoms with Crippen molar-refractivity contribution in [2.24, 2.45) is 0 Å². The van der Waals surface area contributed by atoms with E-state index in [1.807, 2.05) is 24.3 Å². The van der Waals surface area contributed by atoms with E-state index in [1.54, 1.807) is 7.11 Å². The van der Waals surface area contributed by atoms with E-state index >= 15 is 0 Å². The van der Waals surface area contributed by atoms with Gasteiger partial charge in [-0.15, -0.1) is 0 Å². The normalized spacial score (nSPS) is 21.0. The zero-order valence-corrected chi connectivity index (χ0v) is 10.4. The van der Waals surface area contributed by atoms with Crippen LogP contribution in [0.1, 0.15) is 11.1 Å². The monoisotopic (exact) mass is 282 g/mol. The lowest BCUT2D eigenvalue weighted by molar-refractivity contribution is -0.123. The molecule has 16 heavy (non-hydrogen) atoms. The Hall–Kier alpha value is -0.840. The number of rotatable bonds is 1. The van der Waals surface area contributed by atoms with E-state index in [2.05, 4.69) is 15.9 Å². The second-order valence-electron chi connectivity index (χ2n) is 3.76. The van der Waals surface area contributed by atoms with Crippen molar-refractivity contribution in [1.29, 1.82) is 0 Å². The van der Waals surface area contributed by atoms with Gasteiger partial charge in [-0.05, 0) is 39.7 Å². The van der Waals surface area contributed by atoms with Crippen molar-refractivity contribution in [3.05, 3.63) is 33.8 Å². The molecule has 3 nitrogen and oxygen atoms in total. The Balaban J connectivity index is 2.15. The molecule has 1 heterocycles. The van der Waals surface area contributed by atoms with Gasteiger partial charge in [0.1, 0.15) is 5.75 Å². The molecule has 0 bridgehead atoms. The van der Waals surface area contributed by atoms with Gasteiger partial charge in [0.05, 0.1) is 24.8 Å². The maximum absolute atomic E-state index is 5.75. The summed E-state index contributed by atoms with van der Waals surface area (Å²) in [5.41, 5.74) is 2.12. The van der Waals surface area contributed by atoms with Crippen molar-refractivity contribution in [2.75, 3.05) is 20.3 Å². The van der Waals surface area contributed by atoms with E-state index in [9.17, 15) is 0 Å². The van der Waals surface area contributed by atoms with Crippen LogP contribution in [0.15, 0.2) is 22.7 Å². The number of fused-ring (bicyclic) bond motifs is 2. The largest absolute Gasteiger partial charge is 0.497 e. The summed E-state index contributed by atoms with van der Waals surface area (Å²) in [6, 6.07) is 5.91. The predicted molar refractivity (Wildman–Crippen MR) is 63.5 cm³/mol. The lowest BCUT2D eigenvalue weighted by Gasteiger charge is -2.24. The highest BCUT2D eigenvalue weighted by atomic mass is 79.9. The van der Waals surface area contributed by atoms with E-state index < -0.39 is 5.79 Å². The molecule has 1 aliphatic carbocycles. The van der Waals surface area contributed by atoms with Crippen molar-refractivity contribution in [2.45, 2.75) is 5.79 Å². The first-order valence-corrected chi connectivity index (χ1v) is 5.90. The molecule has 84 valence electrons. The van der Waals surface area contributed by atoms with Crippen LogP contribution in [0.2, 0.25) is 0 Å². The van der Waals surface area contributed by atoms with Gasteiger partial charge in [0, 0.05) is 5.56 Å². The second kappa shape index (κ2) is 3.58. The fourth-order valence-electron chi connectivity index (χ4n) is 2.14. The summed E-state index contributed by atoms with van der Waals surface area (Å²) in [6.07, 6.45) is 2.03. The fraction of sp³-hybridized carbons (Fsp3) is 0.333. The first-order chi connectivity index (χ1) is 7.76. The first-order valence-electron chi connectivity index (χ1n) is 5.10. The summed E-state index contributed by atoms with van der Waals surface area (Å²) in [5, 5.41) is 0. The summed E-state index contributed by atoms with van der Waals surface area (Å²) < 4.78 is 17.6. The lowest BCUT2D eigenvalue weighted by atomic mass is 10.1. The molecule has 0 atom stereocenters. The molecule has 0 saturated carbocycles. The summed E-state index contributed by atoms with van der Waals surface area (Å²) in [5.74, 6) is 0.0805. The SMILES string of the molecule is COc1ccc2c(c1)C1(OCCO1)C(Br)=C2. The van der Waals surface area contributed by atoms with Gasteiger partial charge in [-0.1, -0.05) is 6.07 Å². The van der Waals surface area contributed by atoms with E-state index in [4.69, 9.17) is 14.2 Å². The molecule has 1 aromatic carbocycles. The highest BCUT2D eigenvalue weighted by molar-refractivity contribution is 9.11. The van der Waals surface area contributed by atoms with Crippen LogP contribution in [0.25, 0.3) is 6.08 Å². The molecule has 1 aromatic rings. The molecule has 4 heteroatoms. The molecule has 1 saturated heterocycles. The Morgan fingerprint density at radius 1 is 1.31 bits per heavy atom. The predicted octanol–water partition coefficient (Wildman–Crippen LogP) is 2.64. The van der Waals surface area contributed by atoms with Gasteiger partial charge in [0.15, 0.2) is 0 Å². The molecule has 0 amide bonds. The maximum atomic E-state index is 5.75. The Morgan fingerprint density at radius 3 is 2.75 bits per heavy atom. The molecule has 1 spiro atoms. The first kappa shape index (κ1) is 10.3. The average Bonchev–Trinajstić information content (AvgIpc) is 2.88. The summed E-state index contributed by atoms with van der Waals surface area (Å²) in [7, 11) is 1.65. The van der Waals surface area contributed by atoms with E-state index in [1.165, 1.54) is 0 Å². The van der Waals surface area contributed by atoms with Gasteiger partial charge < -0.3 is 14.2 Å². The summed E-state index contributed by atoms with van der Waals surface area (Å²) in [4.78, 5) is 0. The van der Waals surface area contributed by atoms with Crippen molar-refractivity contribution in [3.63, 3.8) is 0 Å². The van der Waals surface area contributed by atoms with Crippen LogP contribution in [0.5, 0.6) is 5.75 Å². The molecule has 3 rings (SSSR count). The van der Waals surface area contributed by atoms with Gasteiger partial charge in [-0.25, -0.2) is 0 Å². The quantitative estimate of drug-likeness (QED) is 0.793. The molecule has 0 unspecified atom stereocenters. The second-order valence-corrected chi connectivity index (χ2v) is 4.61. The van der Waals surface area contributed by atoms with E-state index in [0.717, 1.165) is 21.4 Å². The van der Waals surface area contributed by atoms with Gasteiger partial charge in [-0.3, -0.25) is 0 Å². The Morgan fingerprint density at radius 2 is 2.06 bits per heavy atom. The van der Waals surface area contributed by atoms with Crippen LogP contribution in [0, 0.1) is 0 Å². The number of ether oxygens (including phenoxy) is 3. The van der Waals surface area contributed by atoms with Crippen LogP contribution < -0.4 is 4.74 Å². The Bertz CT molecular complexity index is 461. The third-order valence-corrected chi connectivity index (χ3v) is 3.66. The average molecular weight is 283 g/mol. The number of benzene rings is 1. The molecule has 0 radical (unpaired) electrons. The van der Waals surface area contributed by atoms with Crippen molar-refractivity contribution < 1.29 is 14.2 Å². The maximum Gasteiger partial charge on any atom is 0.229 e. The van der Waals surface area contributed by atoms with Crippen molar-refractivity contribution in [1.82, 2.24) is 0 Å². The minimum Gasteiger partial charge on any atom is -0.497 e. The molecule has 0 N–H and O–H groups in total.